The number of carbonyl (C=O) groups excluding carboxylic acids is 1. The monoisotopic (exact) mass is 307 g/mol. The lowest BCUT2D eigenvalue weighted by Crippen LogP contribution is -2.07. The molecule has 0 radical (unpaired) electrons. The van der Waals surface area contributed by atoms with Gasteiger partial charge in [-0.15, -0.1) is 11.3 Å². The number of amides is 1. The van der Waals surface area contributed by atoms with Crippen LogP contribution in [0.1, 0.15) is 23.5 Å². The average molecular weight is 307 g/mol. The van der Waals surface area contributed by atoms with E-state index in [2.05, 4.69) is 15.3 Å². The van der Waals surface area contributed by atoms with Crippen LogP contribution in [0.25, 0.3) is 10.6 Å². The summed E-state index contributed by atoms with van der Waals surface area (Å²) in [6.45, 7) is 3.47. The predicted molar refractivity (Wildman–Crippen MR) is 77.8 cm³/mol. The van der Waals surface area contributed by atoms with Crippen molar-refractivity contribution in [2.75, 3.05) is 11.9 Å². The van der Waals surface area contributed by atoms with Gasteiger partial charge in [0.2, 0.25) is 11.8 Å². The number of hydrogen-bond acceptors (Lipinski definition) is 6. The maximum Gasteiger partial charge on any atom is 0.351 e. The van der Waals surface area contributed by atoms with Gasteiger partial charge in [-0.1, -0.05) is 0 Å². The number of pyridine rings is 1. The molecule has 8 heteroatoms. The number of carboxylic acid groups (broad SMARTS) is 1. The number of ether oxygens (including phenoxy) is 1. The number of nitrogens with zero attached hydrogens (tertiary/aromatic N) is 2. The molecule has 0 bridgehead atoms. The zero-order chi connectivity index (χ0) is 15.4. The Bertz CT molecular complexity index is 684. The second-order valence-electron chi connectivity index (χ2n) is 4.00. The number of carbonyl (C=O) groups is 2. The van der Waals surface area contributed by atoms with Gasteiger partial charge in [0.1, 0.15) is 10.8 Å². The number of anilines is 1. The van der Waals surface area contributed by atoms with Crippen LogP contribution in [-0.4, -0.2) is 33.6 Å². The molecule has 0 unspecified atom stereocenters. The van der Waals surface area contributed by atoms with Crippen molar-refractivity contribution in [3.05, 3.63) is 23.2 Å². The van der Waals surface area contributed by atoms with Gasteiger partial charge in [-0.2, -0.15) is 0 Å². The van der Waals surface area contributed by atoms with Crippen molar-refractivity contribution in [3.8, 4) is 16.5 Å². The number of rotatable bonds is 5. The van der Waals surface area contributed by atoms with Crippen molar-refractivity contribution >= 4 is 29.0 Å². The fourth-order valence-corrected chi connectivity index (χ4v) is 2.46. The third kappa shape index (κ3) is 3.54. The minimum absolute atomic E-state index is 0.0461. The third-order valence-electron chi connectivity index (χ3n) is 2.38. The van der Waals surface area contributed by atoms with Gasteiger partial charge in [-0.05, 0) is 19.1 Å². The predicted octanol–water partition coefficient (Wildman–Crippen LogP) is 2.26. The molecular formula is C13H13N3O4S. The van der Waals surface area contributed by atoms with Crippen LogP contribution in [0.15, 0.2) is 18.3 Å². The Kier molecular flexibility index (Phi) is 4.49. The largest absolute Gasteiger partial charge is 0.477 e. The summed E-state index contributed by atoms with van der Waals surface area (Å²) in [6.07, 6.45) is 1.52. The van der Waals surface area contributed by atoms with Gasteiger partial charge in [0.25, 0.3) is 0 Å². The van der Waals surface area contributed by atoms with E-state index in [0.717, 1.165) is 11.3 Å². The van der Waals surface area contributed by atoms with Crippen molar-refractivity contribution in [3.63, 3.8) is 0 Å². The highest BCUT2D eigenvalue weighted by Crippen LogP contribution is 2.33. The smallest absolute Gasteiger partial charge is 0.351 e. The molecule has 2 heterocycles. The summed E-state index contributed by atoms with van der Waals surface area (Å²) in [5.41, 5.74) is 0.659. The molecule has 0 aromatic carbocycles. The molecule has 0 aliphatic heterocycles. The van der Waals surface area contributed by atoms with E-state index >= 15 is 0 Å². The minimum atomic E-state index is -1.08. The average Bonchev–Trinajstić information content (AvgIpc) is 2.83. The van der Waals surface area contributed by atoms with Gasteiger partial charge in [-0.3, -0.25) is 4.79 Å². The second kappa shape index (κ2) is 6.31. The number of nitrogens with one attached hydrogen (secondary N) is 1. The standard InChI is InChI=1S/C13H13N3O4S/c1-3-20-11-10(13(18)19)21-12(16-11)8-4-5-14-9(6-8)15-7(2)17/h4-6H,3H2,1-2H3,(H,18,19)(H,14,15,17). The molecule has 2 N–H and O–H groups in total. The van der Waals surface area contributed by atoms with Gasteiger partial charge >= 0.3 is 5.97 Å². The lowest BCUT2D eigenvalue weighted by atomic mass is 10.3. The first kappa shape index (κ1) is 14.9. The fourth-order valence-electron chi connectivity index (χ4n) is 1.61. The first-order valence-electron chi connectivity index (χ1n) is 6.12. The first-order valence-corrected chi connectivity index (χ1v) is 6.93. The highest BCUT2D eigenvalue weighted by molar-refractivity contribution is 7.17. The van der Waals surface area contributed by atoms with Crippen molar-refractivity contribution in [2.24, 2.45) is 0 Å². The number of hydrogen-bond donors (Lipinski definition) is 2. The number of aromatic nitrogens is 2. The Hall–Kier alpha value is -2.48. The van der Waals surface area contributed by atoms with Gasteiger partial charge in [0, 0.05) is 18.7 Å². The summed E-state index contributed by atoms with van der Waals surface area (Å²) >= 11 is 1.01. The Labute approximate surface area is 124 Å². The third-order valence-corrected chi connectivity index (χ3v) is 3.46. The van der Waals surface area contributed by atoms with E-state index in [0.29, 0.717) is 23.0 Å². The van der Waals surface area contributed by atoms with E-state index in [1.54, 1.807) is 19.1 Å². The Morgan fingerprint density at radius 3 is 2.86 bits per heavy atom. The SMILES string of the molecule is CCOc1nc(-c2ccnc(NC(C)=O)c2)sc1C(=O)O. The molecule has 2 aromatic rings. The summed E-state index contributed by atoms with van der Waals surface area (Å²) < 4.78 is 5.23. The zero-order valence-electron chi connectivity index (χ0n) is 11.4. The van der Waals surface area contributed by atoms with Crippen LogP contribution in [0.2, 0.25) is 0 Å². The minimum Gasteiger partial charge on any atom is -0.477 e. The van der Waals surface area contributed by atoms with Gasteiger partial charge < -0.3 is 15.2 Å². The van der Waals surface area contributed by atoms with Crippen LogP contribution in [-0.2, 0) is 4.79 Å². The Morgan fingerprint density at radius 2 is 2.24 bits per heavy atom. The number of aromatic carboxylic acids is 1. The number of thiazole rings is 1. The van der Waals surface area contributed by atoms with Crippen molar-refractivity contribution in [1.82, 2.24) is 9.97 Å². The van der Waals surface area contributed by atoms with Crippen molar-refractivity contribution in [1.29, 1.82) is 0 Å². The van der Waals surface area contributed by atoms with E-state index in [-0.39, 0.29) is 16.7 Å². The van der Waals surface area contributed by atoms with E-state index in [1.165, 1.54) is 13.1 Å². The van der Waals surface area contributed by atoms with Crippen molar-refractivity contribution < 1.29 is 19.4 Å². The molecule has 0 spiro atoms. The van der Waals surface area contributed by atoms with E-state index in [9.17, 15) is 9.59 Å². The maximum atomic E-state index is 11.2. The van der Waals surface area contributed by atoms with Crippen LogP contribution < -0.4 is 10.1 Å². The molecule has 1 amide bonds. The van der Waals surface area contributed by atoms with Gasteiger partial charge in [0.15, 0.2) is 4.88 Å². The molecule has 0 saturated heterocycles. The fraction of sp³-hybridized carbons (Fsp3) is 0.231. The van der Waals surface area contributed by atoms with Crippen molar-refractivity contribution in [2.45, 2.75) is 13.8 Å². The molecule has 2 aromatic heterocycles. The maximum absolute atomic E-state index is 11.2. The molecular weight excluding hydrogens is 294 g/mol. The van der Waals surface area contributed by atoms with Crippen LogP contribution in [0.3, 0.4) is 0 Å². The second-order valence-corrected chi connectivity index (χ2v) is 5.00. The lowest BCUT2D eigenvalue weighted by molar-refractivity contribution is -0.114. The molecule has 2 rings (SSSR count). The molecule has 7 nitrogen and oxygen atoms in total. The molecule has 0 saturated carbocycles. The Balaban J connectivity index is 2.39. The van der Waals surface area contributed by atoms with Crippen LogP contribution in [0.4, 0.5) is 5.82 Å². The molecule has 0 atom stereocenters. The normalized spacial score (nSPS) is 10.2. The lowest BCUT2D eigenvalue weighted by Gasteiger charge is -2.02. The molecule has 0 aliphatic carbocycles. The highest BCUT2D eigenvalue weighted by atomic mass is 32.1. The molecule has 0 fully saturated rings. The Morgan fingerprint density at radius 1 is 1.48 bits per heavy atom. The highest BCUT2D eigenvalue weighted by Gasteiger charge is 2.19. The first-order chi connectivity index (χ1) is 10.0. The number of carboxylic acids is 1. The molecule has 110 valence electrons. The topological polar surface area (TPSA) is 101 Å². The summed E-state index contributed by atoms with van der Waals surface area (Å²) in [5, 5.41) is 12.2. The summed E-state index contributed by atoms with van der Waals surface area (Å²) in [4.78, 5) is 30.4. The molecule has 21 heavy (non-hydrogen) atoms. The summed E-state index contributed by atoms with van der Waals surface area (Å²) in [6, 6.07) is 3.31. The van der Waals surface area contributed by atoms with Crippen LogP contribution in [0, 0.1) is 0 Å². The van der Waals surface area contributed by atoms with Gasteiger partial charge in [0.05, 0.1) is 6.61 Å². The van der Waals surface area contributed by atoms with Crippen LogP contribution in [0.5, 0.6) is 5.88 Å². The summed E-state index contributed by atoms with van der Waals surface area (Å²) in [7, 11) is 0. The van der Waals surface area contributed by atoms with Crippen LogP contribution >= 0.6 is 11.3 Å². The quantitative estimate of drug-likeness (QED) is 0.878. The van der Waals surface area contributed by atoms with Gasteiger partial charge in [-0.25, -0.2) is 14.8 Å². The summed E-state index contributed by atoms with van der Waals surface area (Å²) in [5.74, 6) is -0.841. The van der Waals surface area contributed by atoms with E-state index in [4.69, 9.17) is 9.84 Å². The zero-order valence-corrected chi connectivity index (χ0v) is 12.2. The molecule has 0 aliphatic rings. The van der Waals surface area contributed by atoms with E-state index in [1.807, 2.05) is 0 Å². The van der Waals surface area contributed by atoms with E-state index < -0.39 is 5.97 Å².